The summed E-state index contributed by atoms with van der Waals surface area (Å²) in [5, 5.41) is 21.4. The van der Waals surface area contributed by atoms with Gasteiger partial charge in [0.15, 0.2) is 5.78 Å². The summed E-state index contributed by atoms with van der Waals surface area (Å²) in [6, 6.07) is 39.1. The van der Waals surface area contributed by atoms with Gasteiger partial charge in [-0.1, -0.05) is 146 Å². The van der Waals surface area contributed by atoms with Crippen LogP contribution in [-0.2, 0) is 0 Å². The van der Waals surface area contributed by atoms with E-state index in [2.05, 4.69) is 34.9 Å². The molecule has 0 saturated carbocycles. The number of allylic oxidation sites excluding steroid dienone is 3. The van der Waals surface area contributed by atoms with E-state index in [1.54, 1.807) is 24.5 Å². The molecule has 0 aromatic heterocycles. The maximum atomic E-state index is 12.5. The van der Waals surface area contributed by atoms with Crippen molar-refractivity contribution in [2.24, 2.45) is 0 Å². The molecule has 2 heterocycles. The zero-order valence-electron chi connectivity index (χ0n) is 23.7. The molecular weight excluding hydrogens is 680 g/mol. The van der Waals surface area contributed by atoms with Gasteiger partial charge in [0, 0.05) is 17.2 Å². The van der Waals surface area contributed by atoms with Crippen molar-refractivity contribution in [3.05, 3.63) is 184 Å². The fourth-order valence-electron chi connectivity index (χ4n) is 4.89. The average Bonchev–Trinajstić information content (AvgIpc) is 3.09. The molecule has 5 heteroatoms. The van der Waals surface area contributed by atoms with Gasteiger partial charge in [-0.25, -0.2) is 0 Å². The van der Waals surface area contributed by atoms with Gasteiger partial charge in [-0.15, -0.1) is 11.4 Å². The summed E-state index contributed by atoms with van der Waals surface area (Å²) >= 11 is 0. The van der Waals surface area contributed by atoms with E-state index in [1.165, 1.54) is 6.08 Å². The van der Waals surface area contributed by atoms with Crippen molar-refractivity contribution in [3.63, 3.8) is 0 Å². The third-order valence-electron chi connectivity index (χ3n) is 7.18. The van der Waals surface area contributed by atoms with Gasteiger partial charge in [-0.2, -0.15) is 12.4 Å². The van der Waals surface area contributed by atoms with E-state index in [-0.39, 0.29) is 60.9 Å². The molecule has 0 unspecified atom stereocenters. The fourth-order valence-corrected chi connectivity index (χ4v) is 4.89. The molecule has 0 spiro atoms. The minimum atomic E-state index is -0.228. The Morgan fingerprint density at radius 3 is 1.39 bits per heavy atom. The molecule has 7 rings (SSSR count). The number of benzene rings is 5. The fraction of sp³-hybridized carbons (Fsp3) is 0. The molecule has 0 saturated heterocycles. The molecule has 2 aliphatic heterocycles. The van der Waals surface area contributed by atoms with Crippen LogP contribution in [0.5, 0.6) is 0 Å². The minimum Gasteiger partial charge on any atom is -0.665 e. The smallest absolute Gasteiger partial charge is 0.665 e. The Morgan fingerprint density at radius 2 is 0.932 bits per heavy atom. The summed E-state index contributed by atoms with van der Waals surface area (Å²) < 4.78 is 0. The third-order valence-corrected chi connectivity index (χ3v) is 7.18. The zero-order chi connectivity index (χ0) is 29.4. The Balaban J connectivity index is 0.000000213. The maximum absolute atomic E-state index is 12.5. The Labute approximate surface area is 298 Å². The van der Waals surface area contributed by atoms with Crippen LogP contribution in [-0.4, -0.2) is 10.9 Å². The SMILES string of the molecule is C1=C[N-]c2c3c(ccc2=C1)=CC=C[N-]3.O=C(C=C(O)c1ccc(-c2ccccc2)cc1)c1ccc(-c2ccccc2)cc1.[Eu+2]. The van der Waals surface area contributed by atoms with Crippen molar-refractivity contribution in [2.45, 2.75) is 0 Å². The molecule has 44 heavy (non-hydrogen) atoms. The topological polar surface area (TPSA) is 65.5 Å². The van der Waals surface area contributed by atoms with Crippen LogP contribution in [0.4, 0.5) is 11.4 Å². The van der Waals surface area contributed by atoms with E-state index < -0.39 is 0 Å². The van der Waals surface area contributed by atoms with Crippen LogP contribution in [0.3, 0.4) is 0 Å². The van der Waals surface area contributed by atoms with Crippen molar-refractivity contribution in [1.29, 1.82) is 0 Å². The summed E-state index contributed by atoms with van der Waals surface area (Å²) in [4.78, 5) is 12.5. The van der Waals surface area contributed by atoms with E-state index in [0.29, 0.717) is 11.1 Å². The Kier molecular flexibility index (Phi) is 10.6. The molecule has 0 amide bonds. The van der Waals surface area contributed by atoms with E-state index in [1.807, 2.05) is 109 Å². The van der Waals surface area contributed by atoms with Gasteiger partial charge in [-0.3, -0.25) is 4.79 Å². The second kappa shape index (κ2) is 14.9. The van der Waals surface area contributed by atoms with Crippen LogP contribution >= 0.6 is 0 Å². The molecular formula is C39H28EuN2O2. The van der Waals surface area contributed by atoms with Crippen molar-refractivity contribution in [2.75, 3.05) is 0 Å². The number of hydrogen-bond donors (Lipinski definition) is 1. The number of carbonyl (C=O) groups is 1. The Morgan fingerprint density at radius 1 is 0.523 bits per heavy atom. The van der Waals surface area contributed by atoms with Gasteiger partial charge in [0.25, 0.3) is 0 Å². The second-order valence-corrected chi connectivity index (χ2v) is 10.00. The number of fused-ring (bicyclic) bond motifs is 3. The molecule has 4 nitrogen and oxygen atoms in total. The number of ketones is 1. The largest absolute Gasteiger partial charge is 2.00 e. The van der Waals surface area contributed by atoms with Gasteiger partial charge in [-0.05, 0) is 32.7 Å². The third kappa shape index (κ3) is 7.43. The van der Waals surface area contributed by atoms with Crippen LogP contribution in [0.25, 0.3) is 50.8 Å². The Bertz CT molecular complexity index is 1910. The van der Waals surface area contributed by atoms with Gasteiger partial charge < -0.3 is 15.7 Å². The molecule has 2 aliphatic rings. The van der Waals surface area contributed by atoms with Crippen LogP contribution in [0, 0.1) is 49.4 Å². The van der Waals surface area contributed by atoms with E-state index in [0.717, 1.165) is 44.1 Å². The molecule has 0 bridgehead atoms. The first-order valence-corrected chi connectivity index (χ1v) is 14.0. The molecule has 0 atom stereocenters. The van der Waals surface area contributed by atoms with E-state index >= 15 is 0 Å². The molecule has 0 fully saturated rings. The number of rotatable bonds is 5. The van der Waals surface area contributed by atoms with Crippen LogP contribution in [0.2, 0.25) is 0 Å². The maximum Gasteiger partial charge on any atom is 2.00 e. The number of hydrogen-bond acceptors (Lipinski definition) is 2. The van der Waals surface area contributed by atoms with Gasteiger partial charge in [0.2, 0.25) is 0 Å². The standard InChI is InChI=1S/C27H20O2.C12H8N2.Eu/c28-26(24-15-11-22(12-16-24)20-7-3-1-4-8-20)19-27(29)25-17-13-23(14-18-25)21-9-5-2-6-10-21;1-3-9-5-6-10-4-2-8-14-12(10)11(9)13-7-1;/h1-19,28H;1-8H;/q;-2;+2. The molecule has 213 valence electrons. The molecule has 5 aromatic carbocycles. The first kappa shape index (κ1) is 31.1. The summed E-state index contributed by atoms with van der Waals surface area (Å²) in [5.41, 5.74) is 7.42. The monoisotopic (exact) mass is 709 g/mol. The number of nitrogens with zero attached hydrogens (tertiary/aromatic N) is 2. The first-order valence-electron chi connectivity index (χ1n) is 14.0. The quantitative estimate of drug-likeness (QED) is 0.113. The number of aliphatic hydroxyl groups is 1. The van der Waals surface area contributed by atoms with Gasteiger partial charge in [0.05, 0.1) is 0 Å². The summed E-state index contributed by atoms with van der Waals surface area (Å²) in [7, 11) is 0. The molecule has 1 radical (unpaired) electrons. The minimum absolute atomic E-state index is 0. The molecule has 5 aromatic rings. The Hall–Kier alpha value is -4.29. The number of carbonyl (C=O) groups excluding carboxylic acids is 1. The van der Waals surface area contributed by atoms with Crippen molar-refractivity contribution >= 4 is 35.1 Å². The molecule has 1 N–H and O–H groups in total. The van der Waals surface area contributed by atoms with Gasteiger partial charge in [0.1, 0.15) is 5.76 Å². The predicted octanol–water partition coefficient (Wildman–Crippen LogP) is 9.12. The second-order valence-electron chi connectivity index (χ2n) is 10.00. The van der Waals surface area contributed by atoms with E-state index in [9.17, 15) is 9.90 Å². The summed E-state index contributed by atoms with van der Waals surface area (Å²) in [6.45, 7) is 0. The number of aliphatic hydroxyl groups excluding tert-OH is 1. The summed E-state index contributed by atoms with van der Waals surface area (Å²) in [6.07, 6.45) is 12.9. The van der Waals surface area contributed by atoms with Crippen molar-refractivity contribution < 1.29 is 59.3 Å². The summed E-state index contributed by atoms with van der Waals surface area (Å²) in [5.74, 6) is -0.268. The molecule has 0 aliphatic carbocycles. The van der Waals surface area contributed by atoms with Crippen LogP contribution in [0.15, 0.2) is 152 Å². The van der Waals surface area contributed by atoms with Gasteiger partial charge >= 0.3 is 49.4 Å². The first-order chi connectivity index (χ1) is 21.2. The normalized spacial score (nSPS) is 12.3. The predicted molar refractivity (Wildman–Crippen MR) is 178 cm³/mol. The van der Waals surface area contributed by atoms with Crippen molar-refractivity contribution in [3.8, 4) is 22.3 Å². The van der Waals surface area contributed by atoms with Crippen LogP contribution in [0.1, 0.15) is 15.9 Å². The van der Waals surface area contributed by atoms with Crippen molar-refractivity contribution in [1.82, 2.24) is 0 Å². The van der Waals surface area contributed by atoms with Crippen LogP contribution < -0.4 is 10.4 Å². The van der Waals surface area contributed by atoms with E-state index in [4.69, 9.17) is 0 Å². The zero-order valence-corrected chi connectivity index (χ0v) is 26.1. The average molecular weight is 709 g/mol.